The Hall–Kier alpha value is -0.470. The van der Waals surface area contributed by atoms with Crippen molar-refractivity contribution in [2.75, 3.05) is 11.6 Å². The van der Waals surface area contributed by atoms with Gasteiger partial charge in [0.05, 0.1) is 0 Å². The first kappa shape index (κ1) is 11.6. The van der Waals surface area contributed by atoms with Crippen molar-refractivity contribution < 1.29 is 4.79 Å². The lowest BCUT2D eigenvalue weighted by Gasteiger charge is -2.01. The molecule has 3 heteroatoms. The predicted octanol–water partition coefficient (Wildman–Crippen LogP) is 3.61. The molecule has 14 heavy (non-hydrogen) atoms. The first-order valence-corrected chi connectivity index (χ1v) is 6.12. The van der Waals surface area contributed by atoms with E-state index >= 15 is 0 Å². The van der Waals surface area contributed by atoms with Crippen molar-refractivity contribution in [3.63, 3.8) is 0 Å². The van der Waals surface area contributed by atoms with Crippen LogP contribution in [0.2, 0.25) is 0 Å². The number of hydrogen-bond acceptors (Lipinski definition) is 2. The summed E-state index contributed by atoms with van der Waals surface area (Å²) in [6.07, 6.45) is 0.418. The van der Waals surface area contributed by atoms with Crippen molar-refractivity contribution in [3.8, 4) is 0 Å². The van der Waals surface area contributed by atoms with Gasteiger partial charge in [0, 0.05) is 22.8 Å². The molecule has 1 nitrogen and oxygen atoms in total. The molecular weight excluding hydrogens is 216 g/mol. The summed E-state index contributed by atoms with van der Waals surface area (Å²) in [5.74, 6) is 1.56. The summed E-state index contributed by atoms with van der Waals surface area (Å²) in [7, 11) is 0. The van der Waals surface area contributed by atoms with Gasteiger partial charge in [0.1, 0.15) is 0 Å². The Labute approximate surface area is 93.8 Å². The Morgan fingerprint density at radius 1 is 1.36 bits per heavy atom. The molecule has 0 saturated heterocycles. The zero-order valence-corrected chi connectivity index (χ0v) is 9.70. The lowest BCUT2D eigenvalue weighted by Crippen LogP contribution is -1.98. The van der Waals surface area contributed by atoms with Gasteiger partial charge in [-0.15, -0.1) is 23.4 Å². The third kappa shape index (κ3) is 3.35. The van der Waals surface area contributed by atoms with Crippen molar-refractivity contribution >= 4 is 29.1 Å². The Balaban J connectivity index is 2.67. The van der Waals surface area contributed by atoms with Crippen molar-refractivity contribution in [2.45, 2.75) is 18.2 Å². The van der Waals surface area contributed by atoms with Crippen LogP contribution in [0.5, 0.6) is 0 Å². The molecule has 0 atom stereocenters. The SMILES string of the molecule is CCSc1ccc(C(=O)CCCl)cc1. The predicted molar refractivity (Wildman–Crippen MR) is 62.5 cm³/mol. The molecule has 0 bridgehead atoms. The Morgan fingerprint density at radius 2 is 2.00 bits per heavy atom. The van der Waals surface area contributed by atoms with E-state index in [4.69, 9.17) is 11.6 Å². The summed E-state index contributed by atoms with van der Waals surface area (Å²) >= 11 is 7.27. The molecule has 0 aliphatic heterocycles. The van der Waals surface area contributed by atoms with Gasteiger partial charge < -0.3 is 0 Å². The highest BCUT2D eigenvalue weighted by Crippen LogP contribution is 2.18. The van der Waals surface area contributed by atoms with E-state index in [-0.39, 0.29) is 5.78 Å². The highest BCUT2D eigenvalue weighted by molar-refractivity contribution is 7.99. The third-order valence-corrected chi connectivity index (χ3v) is 2.89. The van der Waals surface area contributed by atoms with Gasteiger partial charge in [-0.05, 0) is 17.9 Å². The van der Waals surface area contributed by atoms with E-state index < -0.39 is 0 Å². The second kappa shape index (κ2) is 6.10. The first-order chi connectivity index (χ1) is 6.77. The lowest BCUT2D eigenvalue weighted by molar-refractivity contribution is 0.0989. The van der Waals surface area contributed by atoms with Crippen LogP contribution in [0.25, 0.3) is 0 Å². The van der Waals surface area contributed by atoms with Crippen LogP contribution in [0.15, 0.2) is 29.2 Å². The third-order valence-electron chi connectivity index (χ3n) is 1.81. The molecule has 1 rings (SSSR count). The van der Waals surface area contributed by atoms with Crippen LogP contribution >= 0.6 is 23.4 Å². The number of hydrogen-bond donors (Lipinski definition) is 0. The normalized spacial score (nSPS) is 10.1. The van der Waals surface area contributed by atoms with E-state index in [1.807, 2.05) is 24.3 Å². The summed E-state index contributed by atoms with van der Waals surface area (Å²) < 4.78 is 0. The van der Waals surface area contributed by atoms with Crippen LogP contribution in [0.3, 0.4) is 0 Å². The van der Waals surface area contributed by atoms with Gasteiger partial charge in [-0.2, -0.15) is 0 Å². The monoisotopic (exact) mass is 228 g/mol. The van der Waals surface area contributed by atoms with Crippen LogP contribution in [0, 0.1) is 0 Å². The molecule has 0 N–H and O–H groups in total. The fourth-order valence-corrected chi connectivity index (χ4v) is 1.97. The van der Waals surface area contributed by atoms with Crippen LogP contribution < -0.4 is 0 Å². The van der Waals surface area contributed by atoms with Gasteiger partial charge >= 0.3 is 0 Å². The largest absolute Gasteiger partial charge is 0.294 e. The first-order valence-electron chi connectivity index (χ1n) is 4.60. The number of benzene rings is 1. The Bertz CT molecular complexity index is 295. The molecule has 1 aromatic rings. The van der Waals surface area contributed by atoms with Crippen molar-refractivity contribution in [2.24, 2.45) is 0 Å². The highest BCUT2D eigenvalue weighted by atomic mass is 35.5. The molecule has 0 aromatic heterocycles. The maximum absolute atomic E-state index is 11.4. The van der Waals surface area contributed by atoms with Gasteiger partial charge in [0.2, 0.25) is 0 Å². The number of Topliss-reactive ketones (excluding diaryl/α,β-unsaturated/α-hetero) is 1. The molecule has 0 aliphatic carbocycles. The van der Waals surface area contributed by atoms with Crippen molar-refractivity contribution in [1.29, 1.82) is 0 Å². The summed E-state index contributed by atoms with van der Waals surface area (Å²) in [6, 6.07) is 7.70. The number of ketones is 1. The van der Waals surface area contributed by atoms with E-state index in [0.717, 1.165) is 11.3 Å². The highest BCUT2D eigenvalue weighted by Gasteiger charge is 2.03. The van der Waals surface area contributed by atoms with E-state index in [1.54, 1.807) is 11.8 Å². The minimum atomic E-state index is 0.119. The summed E-state index contributed by atoms with van der Waals surface area (Å²) in [5, 5.41) is 0. The van der Waals surface area contributed by atoms with Crippen molar-refractivity contribution in [1.82, 2.24) is 0 Å². The topological polar surface area (TPSA) is 17.1 Å². The average molecular weight is 229 g/mol. The fraction of sp³-hybridized carbons (Fsp3) is 0.364. The molecule has 0 fully saturated rings. The molecule has 0 radical (unpaired) electrons. The van der Waals surface area contributed by atoms with Gasteiger partial charge in [0.15, 0.2) is 5.78 Å². The lowest BCUT2D eigenvalue weighted by atomic mass is 10.1. The fourth-order valence-electron chi connectivity index (χ4n) is 1.13. The molecule has 0 unspecified atom stereocenters. The number of carbonyl (C=O) groups excluding carboxylic acids is 1. The summed E-state index contributed by atoms with van der Waals surface area (Å²) in [5.41, 5.74) is 0.756. The Morgan fingerprint density at radius 3 is 2.50 bits per heavy atom. The molecule has 1 aromatic carbocycles. The van der Waals surface area contributed by atoms with Gasteiger partial charge in [0.25, 0.3) is 0 Å². The van der Waals surface area contributed by atoms with Gasteiger partial charge in [-0.3, -0.25) is 4.79 Å². The molecular formula is C11H13ClOS. The maximum Gasteiger partial charge on any atom is 0.164 e. The van der Waals surface area contributed by atoms with E-state index in [2.05, 4.69) is 6.92 Å². The Kier molecular flexibility index (Phi) is 5.05. The summed E-state index contributed by atoms with van der Waals surface area (Å²) in [4.78, 5) is 12.6. The number of alkyl halides is 1. The van der Waals surface area contributed by atoms with Gasteiger partial charge in [-0.25, -0.2) is 0 Å². The second-order valence-corrected chi connectivity index (χ2v) is 4.53. The summed E-state index contributed by atoms with van der Waals surface area (Å²) in [6.45, 7) is 2.11. The van der Waals surface area contributed by atoms with Crippen LogP contribution in [0.4, 0.5) is 0 Å². The molecule has 76 valence electrons. The smallest absolute Gasteiger partial charge is 0.164 e. The molecule has 0 aliphatic rings. The molecule has 0 saturated carbocycles. The van der Waals surface area contributed by atoms with Crippen molar-refractivity contribution in [3.05, 3.63) is 29.8 Å². The van der Waals surface area contributed by atoms with Crippen LogP contribution in [0.1, 0.15) is 23.7 Å². The van der Waals surface area contributed by atoms with Crippen LogP contribution in [-0.4, -0.2) is 17.4 Å². The maximum atomic E-state index is 11.4. The number of halogens is 1. The standard InChI is InChI=1S/C11H13ClOS/c1-2-14-10-5-3-9(4-6-10)11(13)7-8-12/h3-6H,2,7-8H2,1H3. The van der Waals surface area contributed by atoms with E-state index in [0.29, 0.717) is 12.3 Å². The van der Waals surface area contributed by atoms with Crippen LogP contribution in [-0.2, 0) is 0 Å². The minimum Gasteiger partial charge on any atom is -0.294 e. The average Bonchev–Trinajstić information content (AvgIpc) is 2.20. The van der Waals surface area contributed by atoms with E-state index in [1.165, 1.54) is 4.90 Å². The quantitative estimate of drug-likeness (QED) is 0.435. The number of rotatable bonds is 5. The molecule has 0 heterocycles. The second-order valence-electron chi connectivity index (χ2n) is 2.82. The zero-order valence-electron chi connectivity index (χ0n) is 8.13. The molecule has 0 spiro atoms. The number of thioether (sulfide) groups is 1. The molecule has 0 amide bonds. The van der Waals surface area contributed by atoms with Gasteiger partial charge in [-0.1, -0.05) is 19.1 Å². The number of carbonyl (C=O) groups is 1. The van der Waals surface area contributed by atoms with E-state index in [9.17, 15) is 4.79 Å². The minimum absolute atomic E-state index is 0.119. The zero-order chi connectivity index (χ0) is 10.4.